The fourth-order valence-corrected chi connectivity index (χ4v) is 3.92. The molecule has 0 radical (unpaired) electrons. The van der Waals surface area contributed by atoms with Gasteiger partial charge in [-0.15, -0.1) is 34.2 Å². The lowest BCUT2D eigenvalue weighted by Crippen LogP contribution is -2.42. The van der Waals surface area contributed by atoms with E-state index in [2.05, 4.69) is 34.0 Å². The van der Waals surface area contributed by atoms with Gasteiger partial charge in [0.05, 0.1) is 0 Å². The molecule has 0 spiro atoms. The molecule has 8 heteroatoms. The monoisotopic (exact) mass is 474 g/mol. The van der Waals surface area contributed by atoms with E-state index in [1.807, 2.05) is 40.6 Å². The van der Waals surface area contributed by atoms with Crippen LogP contribution >= 0.6 is 35.7 Å². The quantitative estimate of drug-likeness (QED) is 0.383. The summed E-state index contributed by atoms with van der Waals surface area (Å²) >= 11 is 1.98. The highest BCUT2D eigenvalue weighted by Crippen LogP contribution is 2.27. The molecular weight excluding hydrogens is 447 g/mol. The number of nitrogens with one attached hydrogen (secondary N) is 2. The summed E-state index contributed by atoms with van der Waals surface area (Å²) in [5.41, 5.74) is 0.885. The summed E-state index contributed by atoms with van der Waals surface area (Å²) in [5.74, 6) is 1.87. The largest absolute Gasteiger partial charge is 0.357 e. The van der Waals surface area contributed by atoms with Crippen molar-refractivity contribution in [2.45, 2.75) is 43.9 Å². The number of hydrogen-bond donors (Lipinski definition) is 2. The lowest BCUT2D eigenvalue weighted by atomic mass is 10.2. The molecule has 2 aromatic heterocycles. The zero-order valence-corrected chi connectivity index (χ0v) is 18.0. The van der Waals surface area contributed by atoms with Crippen LogP contribution in [0.25, 0.3) is 5.65 Å². The summed E-state index contributed by atoms with van der Waals surface area (Å²) in [4.78, 5) is 4.72. The van der Waals surface area contributed by atoms with Gasteiger partial charge in [-0.05, 0) is 44.6 Å². The molecule has 138 valence electrons. The highest BCUT2D eigenvalue weighted by molar-refractivity contribution is 14.0. The van der Waals surface area contributed by atoms with E-state index in [4.69, 9.17) is 4.99 Å². The predicted octanol–water partition coefficient (Wildman–Crippen LogP) is 2.73. The summed E-state index contributed by atoms with van der Waals surface area (Å²) in [6.07, 6.45) is 8.73. The molecule has 2 unspecified atom stereocenters. The van der Waals surface area contributed by atoms with Crippen LogP contribution in [0, 0.1) is 0 Å². The van der Waals surface area contributed by atoms with Crippen molar-refractivity contribution < 1.29 is 0 Å². The number of hydrogen-bond acceptors (Lipinski definition) is 4. The molecule has 0 saturated heterocycles. The Labute approximate surface area is 170 Å². The Morgan fingerprint density at radius 3 is 3.00 bits per heavy atom. The summed E-state index contributed by atoms with van der Waals surface area (Å²) < 4.78 is 2.02. The zero-order valence-electron chi connectivity index (χ0n) is 14.8. The van der Waals surface area contributed by atoms with E-state index >= 15 is 0 Å². The van der Waals surface area contributed by atoms with Crippen LogP contribution in [0.5, 0.6) is 0 Å². The second-order valence-corrected chi connectivity index (χ2v) is 7.21. The molecule has 2 N–H and O–H groups in total. The van der Waals surface area contributed by atoms with Gasteiger partial charge in [0.2, 0.25) is 0 Å². The van der Waals surface area contributed by atoms with Crippen LogP contribution in [0.2, 0.25) is 0 Å². The Hall–Kier alpha value is -1.03. The molecule has 1 aliphatic carbocycles. The van der Waals surface area contributed by atoms with Crippen molar-refractivity contribution in [2.24, 2.45) is 4.99 Å². The first kappa shape index (κ1) is 20.3. The van der Waals surface area contributed by atoms with Gasteiger partial charge in [-0.2, -0.15) is 11.8 Å². The first-order chi connectivity index (χ1) is 11.8. The van der Waals surface area contributed by atoms with Gasteiger partial charge in [-0.1, -0.05) is 6.07 Å². The Balaban J connectivity index is 0.00000225. The van der Waals surface area contributed by atoms with E-state index in [1.54, 1.807) is 0 Å². The number of halogens is 1. The van der Waals surface area contributed by atoms with E-state index in [1.165, 1.54) is 19.3 Å². The van der Waals surface area contributed by atoms with Crippen molar-refractivity contribution >= 4 is 47.3 Å². The summed E-state index contributed by atoms with van der Waals surface area (Å²) in [6.45, 7) is 3.67. The number of aliphatic imine (C=N–C) groups is 1. The Bertz CT molecular complexity index is 689. The van der Waals surface area contributed by atoms with Crippen LogP contribution in [-0.4, -0.2) is 51.2 Å². The smallest absolute Gasteiger partial charge is 0.191 e. The molecule has 2 aromatic rings. The minimum atomic E-state index is 0. The van der Waals surface area contributed by atoms with Crippen LogP contribution in [0.3, 0.4) is 0 Å². The van der Waals surface area contributed by atoms with E-state index in [0.29, 0.717) is 12.6 Å². The highest BCUT2D eigenvalue weighted by atomic mass is 127. The van der Waals surface area contributed by atoms with Gasteiger partial charge in [-0.3, -0.25) is 9.39 Å². The molecule has 0 bridgehead atoms. The lowest BCUT2D eigenvalue weighted by molar-refractivity contribution is 0.614. The minimum absolute atomic E-state index is 0. The van der Waals surface area contributed by atoms with Crippen molar-refractivity contribution in [2.75, 3.05) is 19.3 Å². The van der Waals surface area contributed by atoms with Crippen LogP contribution in [0.1, 0.15) is 32.0 Å². The van der Waals surface area contributed by atoms with Crippen molar-refractivity contribution in [3.8, 4) is 0 Å². The molecule has 0 aromatic carbocycles. The zero-order chi connectivity index (χ0) is 16.8. The van der Waals surface area contributed by atoms with Gasteiger partial charge in [0.15, 0.2) is 11.6 Å². The average molecular weight is 474 g/mol. The number of fused-ring (bicyclic) bond motifs is 1. The van der Waals surface area contributed by atoms with Crippen LogP contribution in [0.4, 0.5) is 0 Å². The SMILES string of the molecule is CCNC(=NCCc1nnc2ccccn12)NC1CCC(SC)C1.I. The summed E-state index contributed by atoms with van der Waals surface area (Å²) in [5, 5.41) is 16.2. The predicted molar refractivity (Wildman–Crippen MR) is 116 cm³/mol. The fraction of sp³-hybridized carbons (Fsp3) is 0.588. The summed E-state index contributed by atoms with van der Waals surface area (Å²) in [7, 11) is 0. The van der Waals surface area contributed by atoms with Crippen LogP contribution in [-0.2, 0) is 6.42 Å². The van der Waals surface area contributed by atoms with Crippen molar-refractivity contribution in [3.63, 3.8) is 0 Å². The van der Waals surface area contributed by atoms with Crippen molar-refractivity contribution in [1.29, 1.82) is 0 Å². The molecule has 2 heterocycles. The number of rotatable bonds is 6. The third-order valence-electron chi connectivity index (χ3n) is 4.39. The third kappa shape index (κ3) is 5.47. The fourth-order valence-electron chi connectivity index (χ4n) is 3.13. The molecule has 6 nitrogen and oxygen atoms in total. The lowest BCUT2D eigenvalue weighted by Gasteiger charge is -2.17. The van der Waals surface area contributed by atoms with Crippen molar-refractivity contribution in [3.05, 3.63) is 30.2 Å². The van der Waals surface area contributed by atoms with Gasteiger partial charge < -0.3 is 10.6 Å². The molecule has 0 aliphatic heterocycles. The molecule has 2 atom stereocenters. The number of nitrogens with zero attached hydrogens (tertiary/aromatic N) is 4. The Morgan fingerprint density at radius 1 is 1.36 bits per heavy atom. The van der Waals surface area contributed by atoms with Crippen LogP contribution in [0.15, 0.2) is 29.4 Å². The van der Waals surface area contributed by atoms with Gasteiger partial charge in [0.1, 0.15) is 5.82 Å². The average Bonchev–Trinajstić information content (AvgIpc) is 3.22. The number of aromatic nitrogens is 3. The molecular formula is C17H27IN6S. The van der Waals surface area contributed by atoms with E-state index in [0.717, 1.165) is 35.6 Å². The second-order valence-electron chi connectivity index (χ2n) is 6.07. The maximum atomic E-state index is 4.72. The van der Waals surface area contributed by atoms with E-state index in [-0.39, 0.29) is 24.0 Å². The van der Waals surface area contributed by atoms with Crippen molar-refractivity contribution in [1.82, 2.24) is 25.2 Å². The second kappa shape index (κ2) is 10.2. The number of pyridine rings is 1. The maximum Gasteiger partial charge on any atom is 0.191 e. The van der Waals surface area contributed by atoms with E-state index in [9.17, 15) is 0 Å². The first-order valence-electron chi connectivity index (χ1n) is 8.66. The Kier molecular flexibility index (Phi) is 8.28. The van der Waals surface area contributed by atoms with Gasteiger partial charge in [-0.25, -0.2) is 0 Å². The Morgan fingerprint density at radius 2 is 2.24 bits per heavy atom. The molecule has 1 saturated carbocycles. The van der Waals surface area contributed by atoms with Gasteiger partial charge in [0.25, 0.3) is 0 Å². The molecule has 1 fully saturated rings. The van der Waals surface area contributed by atoms with E-state index < -0.39 is 0 Å². The van der Waals surface area contributed by atoms with Gasteiger partial charge in [0, 0.05) is 37.0 Å². The molecule has 25 heavy (non-hydrogen) atoms. The normalized spacial score (nSPS) is 20.5. The maximum absolute atomic E-state index is 4.72. The summed E-state index contributed by atoms with van der Waals surface area (Å²) in [6, 6.07) is 6.47. The topological polar surface area (TPSA) is 66.6 Å². The molecule has 0 amide bonds. The van der Waals surface area contributed by atoms with Gasteiger partial charge >= 0.3 is 0 Å². The standard InChI is InChI=1S/C17H26N6S.HI/c1-3-18-17(20-13-7-8-14(12-13)24-2)19-10-9-16-22-21-15-6-4-5-11-23(15)16;/h4-6,11,13-14H,3,7-10,12H2,1-2H3,(H2,18,19,20);1H. The number of guanidine groups is 1. The highest BCUT2D eigenvalue weighted by Gasteiger charge is 2.24. The van der Waals surface area contributed by atoms with Crippen LogP contribution < -0.4 is 10.6 Å². The number of thioether (sulfide) groups is 1. The molecule has 3 rings (SSSR count). The third-order valence-corrected chi connectivity index (χ3v) is 5.49. The minimum Gasteiger partial charge on any atom is -0.357 e. The molecule has 1 aliphatic rings. The first-order valence-corrected chi connectivity index (χ1v) is 9.95.